The van der Waals surface area contributed by atoms with Crippen molar-refractivity contribution in [3.05, 3.63) is 113 Å². The van der Waals surface area contributed by atoms with E-state index >= 15 is 4.39 Å². The summed E-state index contributed by atoms with van der Waals surface area (Å²) >= 11 is 1.25. The lowest BCUT2D eigenvalue weighted by Crippen LogP contribution is -2.46. The molecule has 2 atom stereocenters. The van der Waals surface area contributed by atoms with E-state index in [0.717, 1.165) is 11.6 Å². The summed E-state index contributed by atoms with van der Waals surface area (Å²) in [7, 11) is -3.75. The Labute approximate surface area is 332 Å². The molecule has 1 saturated heterocycles. The fourth-order valence-corrected chi connectivity index (χ4v) is 9.30. The van der Waals surface area contributed by atoms with E-state index in [1.807, 2.05) is 30.3 Å². The minimum absolute atomic E-state index is 0.121. The second kappa shape index (κ2) is 16.9. The number of hydrogen-bond donors (Lipinski definition) is 2. The van der Waals surface area contributed by atoms with Crippen molar-refractivity contribution in [2.45, 2.75) is 62.5 Å². The number of methoxy groups -OCH3 is 1. The maximum Gasteiger partial charge on any atom is 0.413 e. The quantitative estimate of drug-likeness (QED) is 0.125. The van der Waals surface area contributed by atoms with Crippen LogP contribution >= 0.6 is 11.3 Å². The molecule has 1 aliphatic rings. The minimum Gasteiger partial charge on any atom is -0.465 e. The van der Waals surface area contributed by atoms with Crippen molar-refractivity contribution < 1.29 is 45.8 Å². The molecule has 0 radical (unpaired) electrons. The summed E-state index contributed by atoms with van der Waals surface area (Å²) in [5.41, 5.74) is 0.136. The summed E-state index contributed by atoms with van der Waals surface area (Å²) in [6.07, 6.45) is 0.957. The second-order valence-electron chi connectivity index (χ2n) is 14.3. The summed E-state index contributed by atoms with van der Waals surface area (Å²) in [4.78, 5) is 35.0. The molecule has 2 aromatic heterocycles. The number of carboxylic acid groups (broad SMARTS) is 1. The highest BCUT2D eigenvalue weighted by molar-refractivity contribution is 7.92. The average molecular weight is 824 g/mol. The van der Waals surface area contributed by atoms with Gasteiger partial charge in [0.05, 0.1) is 21.3 Å². The summed E-state index contributed by atoms with van der Waals surface area (Å²) < 4.78 is 84.7. The Bertz CT molecular complexity index is 2370. The molecule has 2 amide bonds. The van der Waals surface area contributed by atoms with Crippen molar-refractivity contribution in [2.75, 3.05) is 30.0 Å². The van der Waals surface area contributed by atoms with Crippen LogP contribution in [0, 0.1) is 17.5 Å². The van der Waals surface area contributed by atoms with E-state index in [1.54, 1.807) is 32.9 Å². The lowest BCUT2D eigenvalue weighted by Gasteiger charge is -2.37. The number of carbonyl (C=O) groups excluding carboxylic acids is 1. The number of piperidine rings is 1. The van der Waals surface area contributed by atoms with Gasteiger partial charge in [0, 0.05) is 37.4 Å². The second-order valence-corrected chi connectivity index (χ2v) is 17.2. The van der Waals surface area contributed by atoms with Gasteiger partial charge < -0.3 is 19.5 Å². The predicted molar refractivity (Wildman–Crippen MR) is 209 cm³/mol. The monoisotopic (exact) mass is 823 g/mol. The fraction of sp³-hybridized carbons (Fsp3) is 0.300. The normalized spacial score (nSPS) is 15.9. The number of aromatic nitrogens is 2. The summed E-state index contributed by atoms with van der Waals surface area (Å²) in [6.45, 7) is 4.61. The van der Waals surface area contributed by atoms with Crippen LogP contribution in [0.1, 0.15) is 50.1 Å². The van der Waals surface area contributed by atoms with Gasteiger partial charge in [-0.2, -0.15) is 0 Å². The zero-order valence-corrected chi connectivity index (χ0v) is 33.0. The van der Waals surface area contributed by atoms with E-state index in [-0.39, 0.29) is 35.6 Å². The van der Waals surface area contributed by atoms with Crippen molar-refractivity contribution in [3.8, 4) is 21.7 Å². The van der Waals surface area contributed by atoms with Gasteiger partial charge in [0.15, 0.2) is 5.82 Å². The van der Waals surface area contributed by atoms with E-state index in [2.05, 4.69) is 10.3 Å². The number of pyridine rings is 1. The molecule has 57 heavy (non-hydrogen) atoms. The molecule has 5 aromatic rings. The van der Waals surface area contributed by atoms with Crippen molar-refractivity contribution in [1.82, 2.24) is 14.9 Å². The molecule has 3 aromatic carbocycles. The van der Waals surface area contributed by atoms with Crippen LogP contribution in [0.25, 0.3) is 21.7 Å². The summed E-state index contributed by atoms with van der Waals surface area (Å²) in [5.74, 6) is -3.42. The largest absolute Gasteiger partial charge is 0.465 e. The number of likely N-dealkylation sites (tertiary alicyclic amines) is 1. The van der Waals surface area contributed by atoms with Gasteiger partial charge in [-0.3, -0.25) is 5.32 Å². The molecule has 1 fully saturated rings. The van der Waals surface area contributed by atoms with Crippen LogP contribution in [0.4, 0.5) is 34.3 Å². The molecule has 0 aliphatic carbocycles. The van der Waals surface area contributed by atoms with E-state index in [4.69, 9.17) is 14.5 Å². The van der Waals surface area contributed by atoms with E-state index in [0.29, 0.717) is 51.1 Å². The van der Waals surface area contributed by atoms with Gasteiger partial charge in [-0.1, -0.05) is 36.4 Å². The number of rotatable bonds is 11. The first-order chi connectivity index (χ1) is 27.0. The molecule has 1 aliphatic heterocycles. The molecular weight excluding hydrogens is 784 g/mol. The Balaban J connectivity index is 1.46. The molecule has 3 heterocycles. The SMILES string of the molecule is COCN(c1cccc(-c2nc(C3CCN(C(=O)O)C(Cc4ccccc4)C3)sc2-c2ccnc(NC(=O)OC(C)(C)C)c2)c1F)S(=O)(=O)c1cc(F)ccc1F. The van der Waals surface area contributed by atoms with Gasteiger partial charge in [0.2, 0.25) is 0 Å². The number of ether oxygens (including phenoxy) is 2. The third-order valence-electron chi connectivity index (χ3n) is 9.13. The third kappa shape index (κ3) is 9.38. The summed E-state index contributed by atoms with van der Waals surface area (Å²) in [6, 6.07) is 18.2. The van der Waals surface area contributed by atoms with Crippen LogP contribution < -0.4 is 9.62 Å². The molecule has 0 bridgehead atoms. The predicted octanol–water partition coefficient (Wildman–Crippen LogP) is 8.90. The van der Waals surface area contributed by atoms with Crippen LogP contribution in [0.3, 0.4) is 0 Å². The van der Waals surface area contributed by atoms with Crippen molar-refractivity contribution in [1.29, 1.82) is 0 Å². The number of amides is 2. The molecule has 12 nitrogen and oxygen atoms in total. The molecule has 300 valence electrons. The minimum atomic E-state index is -4.92. The molecular formula is C40H40F3N5O7S2. The zero-order chi connectivity index (χ0) is 41.1. The number of benzene rings is 3. The van der Waals surface area contributed by atoms with Gasteiger partial charge in [-0.05, 0) is 93.6 Å². The maximum absolute atomic E-state index is 17.0. The summed E-state index contributed by atoms with van der Waals surface area (Å²) in [5, 5.41) is 13.3. The third-order valence-corrected chi connectivity index (χ3v) is 12.1. The molecule has 0 spiro atoms. The number of thiazole rings is 1. The molecule has 2 N–H and O–H groups in total. The number of halogens is 3. The van der Waals surface area contributed by atoms with Crippen molar-refractivity contribution >= 4 is 45.1 Å². The van der Waals surface area contributed by atoms with E-state index in [1.165, 1.54) is 47.7 Å². The number of hydrogen-bond acceptors (Lipinski definition) is 9. The van der Waals surface area contributed by atoms with Crippen molar-refractivity contribution in [3.63, 3.8) is 0 Å². The number of nitrogens with one attached hydrogen (secondary N) is 1. The molecule has 0 saturated carbocycles. The lowest BCUT2D eigenvalue weighted by atomic mass is 9.88. The van der Waals surface area contributed by atoms with Crippen molar-refractivity contribution in [2.24, 2.45) is 0 Å². The van der Waals surface area contributed by atoms with Crippen LogP contribution in [-0.4, -0.2) is 72.6 Å². The van der Waals surface area contributed by atoms with Gasteiger partial charge in [0.25, 0.3) is 10.0 Å². The first kappa shape index (κ1) is 41.1. The Morgan fingerprint density at radius 1 is 1.04 bits per heavy atom. The van der Waals surface area contributed by atoms with Crippen LogP contribution in [0.15, 0.2) is 90.0 Å². The first-order valence-corrected chi connectivity index (χ1v) is 20.1. The number of nitrogens with zero attached hydrogens (tertiary/aromatic N) is 4. The number of carbonyl (C=O) groups is 2. The zero-order valence-electron chi connectivity index (χ0n) is 31.4. The highest BCUT2D eigenvalue weighted by atomic mass is 32.2. The van der Waals surface area contributed by atoms with Gasteiger partial charge in [-0.25, -0.2) is 45.5 Å². The Hall–Kier alpha value is -5.52. The highest BCUT2D eigenvalue weighted by Gasteiger charge is 2.36. The number of sulfonamides is 1. The molecule has 2 unspecified atom stereocenters. The lowest BCUT2D eigenvalue weighted by molar-refractivity contribution is 0.0635. The van der Waals surface area contributed by atoms with E-state index < -0.39 is 62.6 Å². The number of anilines is 2. The Morgan fingerprint density at radius 2 is 1.79 bits per heavy atom. The van der Waals surface area contributed by atoms with Gasteiger partial charge in [0.1, 0.15) is 34.7 Å². The van der Waals surface area contributed by atoms with Crippen LogP contribution in [0.2, 0.25) is 0 Å². The molecule has 17 heteroatoms. The molecule has 6 rings (SSSR count). The average Bonchev–Trinajstić information content (AvgIpc) is 3.60. The fourth-order valence-electron chi connectivity index (χ4n) is 6.62. The topological polar surface area (TPSA) is 151 Å². The van der Waals surface area contributed by atoms with E-state index in [9.17, 15) is 31.9 Å². The standard InChI is InChI=1S/C40H40F3N5O7S2/c1-40(2,3)55-38(49)45-33-21-25(15-17-44-33)36-35(46-37(56-36)26-16-18-47(39(50)51)28(20-26)19-24-9-6-5-7-10-24)29-11-8-12-31(34(29)43)48(23-54-4)57(52,53)32-22-27(41)13-14-30(32)42/h5-15,17,21-22,26,28H,16,18-20,23H2,1-4H3,(H,50,51)(H,44,45,49). The van der Waals surface area contributed by atoms with Crippen LogP contribution in [-0.2, 0) is 25.9 Å². The Kier molecular flexibility index (Phi) is 12.2. The van der Waals surface area contributed by atoms with Crippen LogP contribution in [0.5, 0.6) is 0 Å². The highest BCUT2D eigenvalue weighted by Crippen LogP contribution is 2.45. The smallest absolute Gasteiger partial charge is 0.413 e. The van der Waals surface area contributed by atoms with Gasteiger partial charge >= 0.3 is 12.2 Å². The Morgan fingerprint density at radius 3 is 2.49 bits per heavy atom. The first-order valence-electron chi connectivity index (χ1n) is 17.8. The van der Waals surface area contributed by atoms with Gasteiger partial charge in [-0.15, -0.1) is 11.3 Å². The maximum atomic E-state index is 17.0.